The molecule has 1 N–H and O–H groups in total. The summed E-state index contributed by atoms with van der Waals surface area (Å²) in [6, 6.07) is 7.99. The number of thiazole rings is 1. The van der Waals surface area contributed by atoms with E-state index >= 15 is 0 Å². The first kappa shape index (κ1) is 10.8. The Morgan fingerprint density at radius 3 is 2.38 bits per heavy atom. The maximum absolute atomic E-state index is 10.8. The van der Waals surface area contributed by atoms with Crippen LogP contribution in [0.2, 0.25) is 0 Å². The van der Waals surface area contributed by atoms with Gasteiger partial charge in [-0.3, -0.25) is 0 Å². The summed E-state index contributed by atoms with van der Waals surface area (Å²) >= 11 is 1.22. The Balaban J connectivity index is 2.47. The molecule has 2 aromatic rings. The van der Waals surface area contributed by atoms with Gasteiger partial charge >= 0.3 is 5.97 Å². The lowest BCUT2D eigenvalue weighted by Gasteiger charge is -1.98. The van der Waals surface area contributed by atoms with E-state index in [-0.39, 0.29) is 5.01 Å². The molecule has 1 aromatic carbocycles. The van der Waals surface area contributed by atoms with E-state index < -0.39 is 5.97 Å². The van der Waals surface area contributed by atoms with Crippen molar-refractivity contribution in [2.75, 3.05) is 0 Å². The van der Waals surface area contributed by atoms with E-state index in [1.54, 1.807) is 0 Å². The van der Waals surface area contributed by atoms with Gasteiger partial charge in [-0.1, -0.05) is 29.8 Å². The van der Waals surface area contributed by atoms with E-state index in [4.69, 9.17) is 5.11 Å². The summed E-state index contributed by atoms with van der Waals surface area (Å²) in [6.45, 7) is 3.85. The molecule has 82 valence electrons. The highest BCUT2D eigenvalue weighted by Gasteiger charge is 2.13. The van der Waals surface area contributed by atoms with Crippen molar-refractivity contribution < 1.29 is 9.90 Å². The molecule has 0 saturated carbocycles. The normalized spacial score (nSPS) is 10.4. The number of hydrogen-bond donors (Lipinski definition) is 1. The Hall–Kier alpha value is -1.68. The lowest BCUT2D eigenvalue weighted by molar-refractivity contribution is 0.0696. The first-order valence-electron chi connectivity index (χ1n) is 4.85. The fourth-order valence-electron chi connectivity index (χ4n) is 1.46. The van der Waals surface area contributed by atoms with Gasteiger partial charge in [-0.2, -0.15) is 0 Å². The molecule has 0 bridgehead atoms. The number of rotatable bonds is 2. The standard InChI is InChI=1S/C12H11NO2S/c1-7-3-5-9(6-4-7)10-8(2)13-11(16-10)12(14)15/h3-6H,1-2H3,(H,14,15). The number of hydrogen-bond acceptors (Lipinski definition) is 3. The molecule has 0 fully saturated rings. The molecule has 0 aliphatic rings. The molecule has 1 aromatic heterocycles. The van der Waals surface area contributed by atoms with E-state index in [2.05, 4.69) is 4.98 Å². The van der Waals surface area contributed by atoms with Crippen molar-refractivity contribution in [3.05, 3.63) is 40.5 Å². The van der Waals surface area contributed by atoms with Gasteiger partial charge in [0, 0.05) is 0 Å². The van der Waals surface area contributed by atoms with Crippen molar-refractivity contribution in [3.8, 4) is 10.4 Å². The van der Waals surface area contributed by atoms with Crippen LogP contribution in [0.5, 0.6) is 0 Å². The molecule has 4 heteroatoms. The number of carbonyl (C=O) groups is 1. The van der Waals surface area contributed by atoms with Crippen molar-refractivity contribution >= 4 is 17.3 Å². The van der Waals surface area contributed by atoms with Gasteiger partial charge in [0.25, 0.3) is 0 Å². The van der Waals surface area contributed by atoms with Gasteiger partial charge in [-0.25, -0.2) is 9.78 Å². The van der Waals surface area contributed by atoms with Gasteiger partial charge < -0.3 is 5.11 Å². The van der Waals surface area contributed by atoms with Gasteiger partial charge in [0.05, 0.1) is 10.6 Å². The molecular weight excluding hydrogens is 222 g/mol. The summed E-state index contributed by atoms with van der Waals surface area (Å²) < 4.78 is 0. The molecule has 3 nitrogen and oxygen atoms in total. The van der Waals surface area contributed by atoms with Crippen LogP contribution in [0.15, 0.2) is 24.3 Å². The molecule has 2 rings (SSSR count). The van der Waals surface area contributed by atoms with Gasteiger partial charge in [0.1, 0.15) is 0 Å². The Kier molecular flexibility index (Phi) is 2.75. The fraction of sp³-hybridized carbons (Fsp3) is 0.167. The summed E-state index contributed by atoms with van der Waals surface area (Å²) in [7, 11) is 0. The zero-order chi connectivity index (χ0) is 11.7. The quantitative estimate of drug-likeness (QED) is 0.867. The smallest absolute Gasteiger partial charge is 0.365 e. The highest BCUT2D eigenvalue weighted by molar-refractivity contribution is 7.17. The molecule has 0 saturated heterocycles. The number of benzene rings is 1. The van der Waals surface area contributed by atoms with Crippen LogP contribution in [-0.2, 0) is 0 Å². The van der Waals surface area contributed by atoms with Crippen LogP contribution in [-0.4, -0.2) is 16.1 Å². The maximum Gasteiger partial charge on any atom is 0.365 e. The summed E-state index contributed by atoms with van der Waals surface area (Å²) in [5.74, 6) is -0.966. The minimum atomic E-state index is -0.966. The largest absolute Gasteiger partial charge is 0.476 e. The number of carboxylic acids is 1. The van der Waals surface area contributed by atoms with Gasteiger partial charge in [0.15, 0.2) is 0 Å². The molecule has 16 heavy (non-hydrogen) atoms. The second kappa shape index (κ2) is 4.06. The third-order valence-corrected chi connectivity index (χ3v) is 3.49. The van der Waals surface area contributed by atoms with Crippen molar-refractivity contribution in [2.24, 2.45) is 0 Å². The van der Waals surface area contributed by atoms with E-state index in [0.29, 0.717) is 0 Å². The third kappa shape index (κ3) is 1.97. The van der Waals surface area contributed by atoms with Crippen molar-refractivity contribution in [1.29, 1.82) is 0 Å². The van der Waals surface area contributed by atoms with Crippen LogP contribution >= 0.6 is 11.3 Å². The van der Waals surface area contributed by atoms with Crippen LogP contribution in [0.4, 0.5) is 0 Å². The van der Waals surface area contributed by atoms with Crippen LogP contribution in [0.1, 0.15) is 21.1 Å². The van der Waals surface area contributed by atoms with Crippen molar-refractivity contribution in [3.63, 3.8) is 0 Å². The molecule has 0 aliphatic carbocycles. The highest BCUT2D eigenvalue weighted by atomic mass is 32.1. The number of nitrogens with zero attached hydrogens (tertiary/aromatic N) is 1. The molecule has 1 heterocycles. The van der Waals surface area contributed by atoms with Gasteiger partial charge in [-0.15, -0.1) is 11.3 Å². The zero-order valence-corrected chi connectivity index (χ0v) is 9.84. The maximum atomic E-state index is 10.8. The van der Waals surface area contributed by atoms with Crippen molar-refractivity contribution in [2.45, 2.75) is 13.8 Å². The van der Waals surface area contributed by atoms with E-state index in [1.807, 2.05) is 38.1 Å². The molecule has 0 amide bonds. The molecule has 0 radical (unpaired) electrons. The van der Waals surface area contributed by atoms with Gasteiger partial charge in [0.2, 0.25) is 5.01 Å². The Bertz CT molecular complexity index is 528. The van der Waals surface area contributed by atoms with Crippen LogP contribution < -0.4 is 0 Å². The Morgan fingerprint density at radius 2 is 1.88 bits per heavy atom. The molecule has 0 aliphatic heterocycles. The van der Waals surface area contributed by atoms with E-state index in [9.17, 15) is 4.79 Å². The number of aromatic carboxylic acids is 1. The lowest BCUT2D eigenvalue weighted by atomic mass is 10.1. The molecule has 0 unspecified atom stereocenters. The zero-order valence-electron chi connectivity index (χ0n) is 9.02. The summed E-state index contributed by atoms with van der Waals surface area (Å²) in [6.07, 6.45) is 0. The second-order valence-corrected chi connectivity index (χ2v) is 4.60. The van der Waals surface area contributed by atoms with E-state index in [0.717, 1.165) is 16.1 Å². The monoisotopic (exact) mass is 233 g/mol. The minimum Gasteiger partial charge on any atom is -0.476 e. The number of aryl methyl sites for hydroxylation is 2. The first-order chi connectivity index (χ1) is 7.58. The van der Waals surface area contributed by atoms with E-state index in [1.165, 1.54) is 16.9 Å². The average molecular weight is 233 g/mol. The van der Waals surface area contributed by atoms with Crippen molar-refractivity contribution in [1.82, 2.24) is 4.98 Å². The van der Waals surface area contributed by atoms with Crippen LogP contribution in [0, 0.1) is 13.8 Å². The summed E-state index contributed by atoms with van der Waals surface area (Å²) in [4.78, 5) is 15.8. The third-order valence-electron chi connectivity index (χ3n) is 2.29. The first-order valence-corrected chi connectivity index (χ1v) is 5.67. The predicted molar refractivity (Wildman–Crippen MR) is 64.0 cm³/mol. The SMILES string of the molecule is Cc1ccc(-c2sc(C(=O)O)nc2C)cc1. The molecular formula is C12H11NO2S. The topological polar surface area (TPSA) is 50.2 Å². The second-order valence-electron chi connectivity index (χ2n) is 3.60. The predicted octanol–water partition coefficient (Wildman–Crippen LogP) is 3.13. The molecule has 0 spiro atoms. The number of aromatic nitrogens is 1. The molecule has 0 atom stereocenters. The lowest BCUT2D eigenvalue weighted by Crippen LogP contribution is -1.93. The Labute approximate surface area is 97.4 Å². The summed E-state index contributed by atoms with van der Waals surface area (Å²) in [5.41, 5.74) is 2.98. The average Bonchev–Trinajstić information content (AvgIpc) is 2.62. The number of carboxylic acid groups (broad SMARTS) is 1. The van der Waals surface area contributed by atoms with Crippen LogP contribution in [0.3, 0.4) is 0 Å². The fourth-order valence-corrected chi connectivity index (χ4v) is 2.37. The minimum absolute atomic E-state index is 0.146. The highest BCUT2D eigenvalue weighted by Crippen LogP contribution is 2.30. The summed E-state index contributed by atoms with van der Waals surface area (Å²) in [5, 5.41) is 9.01. The Morgan fingerprint density at radius 1 is 1.25 bits per heavy atom. The van der Waals surface area contributed by atoms with Crippen LogP contribution in [0.25, 0.3) is 10.4 Å². The van der Waals surface area contributed by atoms with Gasteiger partial charge in [-0.05, 0) is 19.4 Å².